The molecule has 0 fully saturated rings. The van der Waals surface area contributed by atoms with Gasteiger partial charge in [0.15, 0.2) is 0 Å². The number of benzene rings is 3. The van der Waals surface area contributed by atoms with E-state index in [1.54, 1.807) is 6.20 Å². The van der Waals surface area contributed by atoms with Crippen molar-refractivity contribution in [3.63, 3.8) is 0 Å². The van der Waals surface area contributed by atoms with E-state index in [9.17, 15) is 5.26 Å². The number of rotatable bonds is 2. The van der Waals surface area contributed by atoms with Crippen molar-refractivity contribution in [1.29, 1.82) is 5.26 Å². The van der Waals surface area contributed by atoms with E-state index in [1.807, 2.05) is 53.1 Å². The number of pyridine rings is 2. The summed E-state index contributed by atoms with van der Waals surface area (Å²) in [4.78, 5) is 14.3. The van der Waals surface area contributed by atoms with Crippen molar-refractivity contribution in [3.8, 4) is 28.6 Å². The molecule has 0 spiro atoms. The Morgan fingerprint density at radius 2 is 1.51 bits per heavy atom. The van der Waals surface area contributed by atoms with Gasteiger partial charge in [0.05, 0.1) is 34.9 Å². The highest BCUT2D eigenvalue weighted by molar-refractivity contribution is 7.32. The van der Waals surface area contributed by atoms with E-state index in [0.717, 1.165) is 28.3 Å². The fourth-order valence-corrected chi connectivity index (χ4v) is 8.78. The molecule has 4 aromatic heterocycles. The third-order valence-electron chi connectivity index (χ3n) is 7.97. The van der Waals surface area contributed by atoms with E-state index < -0.39 is 0 Å². The molecule has 0 amide bonds. The number of hydrogen-bond acceptors (Lipinski definition) is 7. The zero-order valence-corrected chi connectivity index (χ0v) is 23.2. The molecule has 8 heteroatoms. The van der Waals surface area contributed by atoms with Crippen molar-refractivity contribution < 1.29 is 0 Å². The minimum atomic E-state index is -0.0730. The van der Waals surface area contributed by atoms with E-state index in [2.05, 4.69) is 93.5 Å². The summed E-state index contributed by atoms with van der Waals surface area (Å²) in [7, 11) is 0. The molecule has 0 aliphatic carbocycles. The molecule has 41 heavy (non-hydrogen) atoms. The number of anilines is 4. The number of thiophene rings is 2. The highest BCUT2D eigenvalue weighted by atomic mass is 32.1. The van der Waals surface area contributed by atoms with Crippen LogP contribution in [0.3, 0.4) is 0 Å². The molecule has 9 rings (SSSR count). The summed E-state index contributed by atoms with van der Waals surface area (Å²) in [6, 6.07) is 35.9. The molecule has 0 saturated carbocycles. The Morgan fingerprint density at radius 3 is 2.29 bits per heavy atom. The minimum Gasteiger partial charge on any atom is -0.357 e. The number of aromatic nitrogens is 2. The van der Waals surface area contributed by atoms with Gasteiger partial charge < -0.3 is 9.62 Å². The highest BCUT2D eigenvalue weighted by Gasteiger charge is 2.51. The summed E-state index contributed by atoms with van der Waals surface area (Å²) in [5.41, 5.74) is 8.06. The predicted octanol–water partition coefficient (Wildman–Crippen LogP) is 8.11. The molecule has 5 nitrogen and oxygen atoms in total. The number of nitrogens with zero attached hydrogens (tertiary/aromatic N) is 5. The van der Waals surface area contributed by atoms with Gasteiger partial charge in [-0.2, -0.15) is 5.26 Å². The quantitative estimate of drug-likeness (QED) is 0.200. The van der Waals surface area contributed by atoms with E-state index in [0.29, 0.717) is 5.56 Å². The first kappa shape index (κ1) is 22.8. The second-order valence-corrected chi connectivity index (χ2v) is 12.3. The normalized spacial score (nSPS) is 13.2. The lowest BCUT2D eigenvalue weighted by Gasteiger charge is -2.35. The SMILES string of the molecule is N#Cc1ccc2c(c1)-c1c(sc3ccccc13)B1N2c2sc3ccccc3c2N1c1ccc(-c2ccccn2)nc1. The largest absolute Gasteiger partial charge is 0.432 e. The number of hydrogen-bond donors (Lipinski definition) is 0. The van der Waals surface area contributed by atoms with Crippen molar-refractivity contribution in [2.75, 3.05) is 9.62 Å². The van der Waals surface area contributed by atoms with Gasteiger partial charge in [0.2, 0.25) is 0 Å². The van der Waals surface area contributed by atoms with Gasteiger partial charge in [-0.05, 0) is 60.0 Å². The van der Waals surface area contributed by atoms with Gasteiger partial charge in [0.1, 0.15) is 5.00 Å². The van der Waals surface area contributed by atoms with E-state index in [4.69, 9.17) is 4.98 Å². The molecular weight excluding hydrogens is 541 g/mol. The van der Waals surface area contributed by atoms with Crippen LogP contribution in [-0.4, -0.2) is 17.0 Å². The molecule has 0 saturated heterocycles. The molecule has 6 heterocycles. The third kappa shape index (κ3) is 3.16. The summed E-state index contributed by atoms with van der Waals surface area (Å²) < 4.78 is 3.77. The molecule has 2 aliphatic heterocycles. The molecule has 7 aromatic rings. The predicted molar refractivity (Wildman–Crippen MR) is 171 cm³/mol. The average Bonchev–Trinajstić information content (AvgIpc) is 3.70. The monoisotopic (exact) mass is 559 g/mol. The van der Waals surface area contributed by atoms with Crippen LogP contribution in [0.15, 0.2) is 109 Å². The maximum atomic E-state index is 9.81. The van der Waals surface area contributed by atoms with Crippen LogP contribution in [-0.2, 0) is 0 Å². The van der Waals surface area contributed by atoms with Crippen LogP contribution in [0.2, 0.25) is 0 Å². The lowest BCUT2D eigenvalue weighted by molar-refractivity contribution is 1.23. The Hall–Kier alpha value is -4.97. The number of fused-ring (bicyclic) bond motifs is 12. The van der Waals surface area contributed by atoms with E-state index in [1.165, 1.54) is 41.2 Å². The Labute approximate surface area is 244 Å². The first-order valence-electron chi connectivity index (χ1n) is 13.3. The summed E-state index contributed by atoms with van der Waals surface area (Å²) in [5.74, 6) is 0. The Balaban J connectivity index is 1.33. The molecular formula is C33H18BN5S2. The van der Waals surface area contributed by atoms with Crippen LogP contribution in [0.1, 0.15) is 5.56 Å². The lowest BCUT2D eigenvalue weighted by atomic mass is 9.64. The molecule has 0 radical (unpaired) electrons. The van der Waals surface area contributed by atoms with E-state index >= 15 is 0 Å². The zero-order valence-electron chi connectivity index (χ0n) is 21.5. The van der Waals surface area contributed by atoms with Crippen LogP contribution in [0.5, 0.6) is 0 Å². The van der Waals surface area contributed by atoms with Crippen LogP contribution < -0.4 is 14.4 Å². The van der Waals surface area contributed by atoms with Crippen molar-refractivity contribution in [2.24, 2.45) is 0 Å². The van der Waals surface area contributed by atoms with Crippen LogP contribution in [0.25, 0.3) is 42.7 Å². The van der Waals surface area contributed by atoms with Crippen molar-refractivity contribution in [3.05, 3.63) is 115 Å². The second-order valence-electron chi connectivity index (χ2n) is 10.2. The van der Waals surface area contributed by atoms with Crippen molar-refractivity contribution >= 4 is 76.7 Å². The zero-order chi connectivity index (χ0) is 27.1. The Bertz CT molecular complexity index is 2200. The van der Waals surface area contributed by atoms with Crippen LogP contribution in [0.4, 0.5) is 22.1 Å². The summed E-state index contributed by atoms with van der Waals surface area (Å²) in [6.07, 6.45) is 3.78. The fourth-order valence-electron chi connectivity index (χ4n) is 6.24. The molecule has 0 atom stereocenters. The maximum Gasteiger partial charge on any atom is 0.432 e. The smallest absolute Gasteiger partial charge is 0.357 e. The van der Waals surface area contributed by atoms with Gasteiger partial charge in [-0.3, -0.25) is 9.97 Å². The molecule has 190 valence electrons. The van der Waals surface area contributed by atoms with Gasteiger partial charge in [-0.1, -0.05) is 42.5 Å². The van der Waals surface area contributed by atoms with E-state index in [-0.39, 0.29) is 6.98 Å². The molecule has 2 aliphatic rings. The van der Waals surface area contributed by atoms with Gasteiger partial charge in [0.25, 0.3) is 0 Å². The average molecular weight is 559 g/mol. The topological polar surface area (TPSA) is 56.1 Å². The fraction of sp³-hybridized carbons (Fsp3) is 0. The number of nitriles is 1. The Kier molecular flexibility index (Phi) is 4.74. The summed E-state index contributed by atoms with van der Waals surface area (Å²) in [5, 5.41) is 13.5. The molecule has 0 N–H and O–H groups in total. The first-order valence-corrected chi connectivity index (χ1v) is 15.0. The second kappa shape index (κ2) is 8.52. The van der Waals surface area contributed by atoms with Gasteiger partial charge in [-0.25, -0.2) is 0 Å². The molecule has 0 bridgehead atoms. The third-order valence-corrected chi connectivity index (χ3v) is 10.3. The first-order chi connectivity index (χ1) is 20.3. The lowest BCUT2D eigenvalue weighted by Crippen LogP contribution is -2.54. The summed E-state index contributed by atoms with van der Waals surface area (Å²) >= 11 is 3.66. The van der Waals surface area contributed by atoms with Crippen LogP contribution in [0, 0.1) is 11.3 Å². The Morgan fingerprint density at radius 1 is 0.732 bits per heavy atom. The van der Waals surface area contributed by atoms with Gasteiger partial charge >= 0.3 is 6.98 Å². The molecule has 0 unspecified atom stereocenters. The minimum absolute atomic E-state index is 0.0730. The van der Waals surface area contributed by atoms with Gasteiger partial charge in [0, 0.05) is 48.3 Å². The molecule has 3 aromatic carbocycles. The maximum absolute atomic E-state index is 9.81. The van der Waals surface area contributed by atoms with Crippen molar-refractivity contribution in [1.82, 2.24) is 9.97 Å². The van der Waals surface area contributed by atoms with Gasteiger partial charge in [-0.15, -0.1) is 22.7 Å². The van der Waals surface area contributed by atoms with Crippen LogP contribution >= 0.6 is 22.7 Å². The summed E-state index contributed by atoms with van der Waals surface area (Å²) in [6.45, 7) is -0.0730. The van der Waals surface area contributed by atoms with Crippen molar-refractivity contribution in [2.45, 2.75) is 0 Å². The highest BCUT2D eigenvalue weighted by Crippen LogP contribution is 2.58. The standard InChI is InChI=1S/C33H18BN5S2/c35-18-20-12-15-27-24(17-20)30-22-7-1-3-10-28(22)40-32(30)34-38(21-13-14-26(37-19-21)25-9-5-6-16-36-25)31-23-8-2-4-11-29(23)41-33(31)39(27)34/h1-17,19H.